The van der Waals surface area contributed by atoms with Crippen LogP contribution in [-0.2, 0) is 7.05 Å². The molecular weight excluding hydrogens is 182 g/mol. The molecule has 0 bridgehead atoms. The zero-order valence-corrected chi connectivity index (χ0v) is 7.89. The van der Waals surface area contributed by atoms with E-state index in [1.165, 1.54) is 6.20 Å². The summed E-state index contributed by atoms with van der Waals surface area (Å²) >= 11 is 0. The van der Waals surface area contributed by atoms with Gasteiger partial charge in [-0.3, -0.25) is 10.1 Å². The highest BCUT2D eigenvalue weighted by Gasteiger charge is 2.14. The molecule has 0 unspecified atom stereocenters. The van der Waals surface area contributed by atoms with E-state index in [-0.39, 0.29) is 5.69 Å². The third-order valence-corrected chi connectivity index (χ3v) is 2.33. The Labute approximate surface area is 80.1 Å². The van der Waals surface area contributed by atoms with Gasteiger partial charge >= 0.3 is 0 Å². The van der Waals surface area contributed by atoms with Gasteiger partial charge in [0.1, 0.15) is 11.8 Å². The Bertz CT molecular complexity index is 516. The molecule has 72 valence electrons. The van der Waals surface area contributed by atoms with E-state index in [2.05, 4.69) is 4.98 Å². The van der Waals surface area contributed by atoms with E-state index < -0.39 is 4.92 Å². The van der Waals surface area contributed by atoms with E-state index in [0.29, 0.717) is 5.56 Å². The van der Waals surface area contributed by atoms with Crippen LogP contribution in [0.15, 0.2) is 18.5 Å². The zero-order chi connectivity index (χ0) is 10.3. The van der Waals surface area contributed by atoms with E-state index in [0.717, 1.165) is 11.0 Å². The maximum absolute atomic E-state index is 10.6. The summed E-state index contributed by atoms with van der Waals surface area (Å²) in [6.45, 7) is 1.74. The van der Waals surface area contributed by atoms with Crippen molar-refractivity contribution in [1.29, 1.82) is 0 Å². The fourth-order valence-corrected chi connectivity index (χ4v) is 1.52. The van der Waals surface area contributed by atoms with Gasteiger partial charge in [-0.1, -0.05) is 0 Å². The quantitative estimate of drug-likeness (QED) is 0.510. The van der Waals surface area contributed by atoms with E-state index in [9.17, 15) is 10.1 Å². The number of hydrogen-bond acceptors (Lipinski definition) is 3. The number of rotatable bonds is 1. The highest BCUT2D eigenvalue weighted by molar-refractivity contribution is 5.82. The Hall–Kier alpha value is -1.91. The molecule has 5 nitrogen and oxygen atoms in total. The standard InChI is InChI=1S/C9H9N3O2/c1-6-7-3-4-11(2)9(7)10-5-8(6)12(13)14/h3-5H,1-2H3. The number of fused-ring (bicyclic) bond motifs is 1. The number of aromatic nitrogens is 2. The molecule has 2 rings (SSSR count). The summed E-state index contributed by atoms with van der Waals surface area (Å²) in [6, 6.07) is 1.84. The number of hydrogen-bond donors (Lipinski definition) is 0. The number of pyridine rings is 1. The molecule has 0 atom stereocenters. The molecule has 0 amide bonds. The summed E-state index contributed by atoms with van der Waals surface area (Å²) in [5.74, 6) is 0. The predicted octanol–water partition coefficient (Wildman–Crippen LogP) is 1.79. The molecule has 0 aliphatic rings. The van der Waals surface area contributed by atoms with Crippen LogP contribution in [0.2, 0.25) is 0 Å². The summed E-state index contributed by atoms with van der Waals surface area (Å²) in [5, 5.41) is 11.5. The molecule has 0 aromatic carbocycles. The van der Waals surface area contributed by atoms with E-state index >= 15 is 0 Å². The normalized spacial score (nSPS) is 10.7. The fourth-order valence-electron chi connectivity index (χ4n) is 1.52. The van der Waals surface area contributed by atoms with Crippen LogP contribution < -0.4 is 0 Å². The second kappa shape index (κ2) is 2.80. The van der Waals surface area contributed by atoms with Crippen molar-refractivity contribution in [3.05, 3.63) is 34.1 Å². The van der Waals surface area contributed by atoms with Crippen LogP contribution in [0.4, 0.5) is 5.69 Å². The smallest absolute Gasteiger partial charge is 0.291 e. The minimum absolute atomic E-state index is 0.0729. The SMILES string of the molecule is Cc1c([N+](=O)[O-])cnc2c1ccn2C. The molecule has 2 aromatic heterocycles. The Balaban J connectivity index is 2.82. The molecular formula is C9H9N3O2. The topological polar surface area (TPSA) is 61.0 Å². The fraction of sp³-hybridized carbons (Fsp3) is 0.222. The highest BCUT2D eigenvalue weighted by Crippen LogP contribution is 2.24. The molecule has 2 aromatic rings. The monoisotopic (exact) mass is 191 g/mol. The Morgan fingerprint density at radius 1 is 1.57 bits per heavy atom. The van der Waals surface area contributed by atoms with E-state index in [1.807, 2.05) is 23.9 Å². The molecule has 5 heteroatoms. The molecule has 14 heavy (non-hydrogen) atoms. The van der Waals surface area contributed by atoms with Gasteiger partial charge in [-0.15, -0.1) is 0 Å². The first-order chi connectivity index (χ1) is 6.61. The second-order valence-corrected chi connectivity index (χ2v) is 3.19. The second-order valence-electron chi connectivity index (χ2n) is 3.19. The third-order valence-electron chi connectivity index (χ3n) is 2.33. The predicted molar refractivity (Wildman–Crippen MR) is 52.1 cm³/mol. The van der Waals surface area contributed by atoms with Crippen molar-refractivity contribution in [2.45, 2.75) is 6.92 Å². The van der Waals surface area contributed by atoms with Crippen molar-refractivity contribution >= 4 is 16.7 Å². The molecule has 0 aliphatic heterocycles. The Kier molecular flexibility index (Phi) is 1.73. The molecule has 0 spiro atoms. The van der Waals surface area contributed by atoms with Gasteiger partial charge in [-0.2, -0.15) is 0 Å². The lowest BCUT2D eigenvalue weighted by Gasteiger charge is -1.99. The van der Waals surface area contributed by atoms with Gasteiger partial charge in [-0.05, 0) is 13.0 Å². The van der Waals surface area contributed by atoms with Gasteiger partial charge in [0.25, 0.3) is 5.69 Å². The molecule has 0 saturated carbocycles. The van der Waals surface area contributed by atoms with Crippen LogP contribution in [0.1, 0.15) is 5.56 Å². The molecule has 0 N–H and O–H groups in total. The first-order valence-electron chi connectivity index (χ1n) is 4.16. The highest BCUT2D eigenvalue weighted by atomic mass is 16.6. The summed E-state index contributed by atoms with van der Waals surface area (Å²) in [4.78, 5) is 14.3. The molecule has 0 saturated heterocycles. The summed E-state index contributed by atoms with van der Waals surface area (Å²) in [7, 11) is 1.86. The van der Waals surface area contributed by atoms with Crippen LogP contribution in [-0.4, -0.2) is 14.5 Å². The first-order valence-corrected chi connectivity index (χ1v) is 4.16. The van der Waals surface area contributed by atoms with Crippen LogP contribution in [0.3, 0.4) is 0 Å². The largest absolute Gasteiger partial charge is 0.336 e. The van der Waals surface area contributed by atoms with Crippen molar-refractivity contribution < 1.29 is 4.92 Å². The lowest BCUT2D eigenvalue weighted by molar-refractivity contribution is -0.385. The summed E-state index contributed by atoms with van der Waals surface area (Å²) in [6.07, 6.45) is 3.14. The van der Waals surface area contributed by atoms with Gasteiger partial charge < -0.3 is 4.57 Å². The van der Waals surface area contributed by atoms with Gasteiger partial charge in [-0.25, -0.2) is 4.98 Å². The van der Waals surface area contributed by atoms with Gasteiger partial charge in [0.15, 0.2) is 0 Å². The molecule has 0 fully saturated rings. The van der Waals surface area contributed by atoms with Crippen molar-refractivity contribution in [3.63, 3.8) is 0 Å². The lowest BCUT2D eigenvalue weighted by atomic mass is 10.2. The van der Waals surface area contributed by atoms with Crippen molar-refractivity contribution in [2.75, 3.05) is 0 Å². The Morgan fingerprint density at radius 2 is 2.29 bits per heavy atom. The third kappa shape index (κ3) is 1.06. The van der Waals surface area contributed by atoms with Crippen molar-refractivity contribution in [2.24, 2.45) is 7.05 Å². The summed E-state index contributed by atoms with van der Waals surface area (Å²) < 4.78 is 1.84. The summed E-state index contributed by atoms with van der Waals surface area (Å²) in [5.41, 5.74) is 1.51. The Morgan fingerprint density at radius 3 is 2.93 bits per heavy atom. The van der Waals surface area contributed by atoms with Gasteiger partial charge in [0, 0.05) is 24.2 Å². The van der Waals surface area contributed by atoms with Crippen molar-refractivity contribution in [3.8, 4) is 0 Å². The van der Waals surface area contributed by atoms with Gasteiger partial charge in [0.2, 0.25) is 0 Å². The first kappa shape index (κ1) is 8.68. The number of aryl methyl sites for hydroxylation is 2. The minimum atomic E-state index is -0.408. The lowest BCUT2D eigenvalue weighted by Crippen LogP contribution is -1.95. The van der Waals surface area contributed by atoms with E-state index in [4.69, 9.17) is 0 Å². The number of nitro groups is 1. The van der Waals surface area contributed by atoms with Gasteiger partial charge in [0.05, 0.1) is 4.92 Å². The van der Waals surface area contributed by atoms with Crippen LogP contribution in [0.5, 0.6) is 0 Å². The molecule has 2 heterocycles. The maximum Gasteiger partial charge on any atom is 0.291 e. The maximum atomic E-state index is 10.6. The average molecular weight is 191 g/mol. The zero-order valence-electron chi connectivity index (χ0n) is 7.89. The number of nitrogens with zero attached hydrogens (tertiary/aromatic N) is 3. The molecule has 0 radical (unpaired) electrons. The van der Waals surface area contributed by atoms with Crippen LogP contribution >= 0.6 is 0 Å². The van der Waals surface area contributed by atoms with E-state index in [1.54, 1.807) is 6.92 Å². The minimum Gasteiger partial charge on any atom is -0.336 e. The van der Waals surface area contributed by atoms with Crippen molar-refractivity contribution in [1.82, 2.24) is 9.55 Å². The average Bonchev–Trinajstić information content (AvgIpc) is 2.49. The van der Waals surface area contributed by atoms with Crippen LogP contribution in [0.25, 0.3) is 11.0 Å². The van der Waals surface area contributed by atoms with Crippen LogP contribution in [0, 0.1) is 17.0 Å². The molecule has 0 aliphatic carbocycles.